The average Bonchev–Trinajstić information content (AvgIpc) is 3.25. The van der Waals surface area contributed by atoms with E-state index >= 15 is 0 Å². The van der Waals surface area contributed by atoms with Crippen molar-refractivity contribution in [1.82, 2.24) is 19.5 Å². The molecule has 0 N–H and O–H groups in total. The number of pyridine rings is 3. The molecule has 0 fully saturated rings. The van der Waals surface area contributed by atoms with E-state index in [0.717, 1.165) is 39.0 Å². The highest BCUT2D eigenvalue weighted by molar-refractivity contribution is 6.31. The maximum Gasteiger partial charge on any atom is 0.138 e. The SMILES string of the molecule is c1cc(-c2ccncc2)nc(-n2c3ccccc3c3c4ccccc4c4ncccc4c32)c1. The minimum atomic E-state index is 0.885. The first kappa shape index (κ1) is 18.0. The van der Waals surface area contributed by atoms with Crippen molar-refractivity contribution in [3.8, 4) is 17.1 Å². The summed E-state index contributed by atoms with van der Waals surface area (Å²) in [5.74, 6) is 0.885. The van der Waals surface area contributed by atoms with Crippen molar-refractivity contribution in [3.63, 3.8) is 0 Å². The third-order valence-corrected chi connectivity index (χ3v) is 6.33. The first-order valence-electron chi connectivity index (χ1n) is 11.0. The van der Waals surface area contributed by atoms with Crippen LogP contribution >= 0.6 is 0 Å². The van der Waals surface area contributed by atoms with Crippen LogP contribution in [0.3, 0.4) is 0 Å². The third kappa shape index (κ3) is 2.61. The summed E-state index contributed by atoms with van der Waals surface area (Å²) in [4.78, 5) is 14.0. The predicted octanol–water partition coefficient (Wildman–Crippen LogP) is 6.94. The van der Waals surface area contributed by atoms with Gasteiger partial charge in [0.2, 0.25) is 0 Å². The predicted molar refractivity (Wildman–Crippen MR) is 135 cm³/mol. The summed E-state index contributed by atoms with van der Waals surface area (Å²) in [7, 11) is 0. The number of benzene rings is 3. The molecule has 4 heteroatoms. The molecule has 0 unspecified atom stereocenters. The maximum absolute atomic E-state index is 5.09. The highest BCUT2D eigenvalue weighted by Crippen LogP contribution is 2.41. The van der Waals surface area contributed by atoms with E-state index in [0.29, 0.717) is 0 Å². The molecular weight excluding hydrogens is 404 g/mol. The zero-order chi connectivity index (χ0) is 21.8. The van der Waals surface area contributed by atoms with Crippen LogP contribution in [0.2, 0.25) is 0 Å². The first-order chi connectivity index (χ1) is 16.4. The number of hydrogen-bond acceptors (Lipinski definition) is 3. The van der Waals surface area contributed by atoms with Gasteiger partial charge in [0.1, 0.15) is 5.82 Å². The second kappa shape index (κ2) is 6.97. The lowest BCUT2D eigenvalue weighted by Gasteiger charge is -2.12. The Labute approximate surface area is 189 Å². The van der Waals surface area contributed by atoms with Crippen LogP contribution in [0.1, 0.15) is 0 Å². The van der Waals surface area contributed by atoms with Gasteiger partial charge in [-0.3, -0.25) is 14.5 Å². The summed E-state index contributed by atoms with van der Waals surface area (Å²) in [6, 6.07) is 31.5. The normalized spacial score (nSPS) is 11.6. The van der Waals surface area contributed by atoms with Crippen LogP contribution in [-0.2, 0) is 0 Å². The van der Waals surface area contributed by atoms with Gasteiger partial charge in [-0.1, -0.05) is 48.5 Å². The molecular formula is C29H18N4. The lowest BCUT2D eigenvalue weighted by Crippen LogP contribution is -1.99. The molecule has 4 heterocycles. The number of nitrogens with zero attached hydrogens (tertiary/aromatic N) is 4. The van der Waals surface area contributed by atoms with Gasteiger partial charge >= 0.3 is 0 Å². The summed E-state index contributed by atoms with van der Waals surface area (Å²) in [6.45, 7) is 0. The van der Waals surface area contributed by atoms with Gasteiger partial charge in [-0.15, -0.1) is 0 Å². The number of para-hydroxylation sites is 1. The molecule has 0 radical (unpaired) electrons. The summed E-state index contributed by atoms with van der Waals surface area (Å²) < 4.78 is 2.28. The Kier molecular flexibility index (Phi) is 3.81. The van der Waals surface area contributed by atoms with Gasteiger partial charge in [-0.2, -0.15) is 0 Å². The molecule has 154 valence electrons. The van der Waals surface area contributed by atoms with Crippen molar-refractivity contribution >= 4 is 43.5 Å². The van der Waals surface area contributed by atoms with Crippen LogP contribution in [0.4, 0.5) is 0 Å². The second-order valence-corrected chi connectivity index (χ2v) is 8.14. The number of fused-ring (bicyclic) bond motifs is 8. The Morgan fingerprint density at radius 3 is 2.21 bits per heavy atom. The van der Waals surface area contributed by atoms with Crippen molar-refractivity contribution in [2.24, 2.45) is 0 Å². The van der Waals surface area contributed by atoms with Crippen LogP contribution < -0.4 is 0 Å². The topological polar surface area (TPSA) is 43.6 Å². The minimum absolute atomic E-state index is 0.885. The van der Waals surface area contributed by atoms with Gasteiger partial charge in [0.05, 0.1) is 22.2 Å². The zero-order valence-corrected chi connectivity index (χ0v) is 17.7. The maximum atomic E-state index is 5.09. The summed E-state index contributed by atoms with van der Waals surface area (Å²) >= 11 is 0. The fourth-order valence-electron chi connectivity index (χ4n) is 4.96. The molecule has 0 aliphatic heterocycles. The Balaban J connectivity index is 1.69. The molecule has 4 nitrogen and oxygen atoms in total. The van der Waals surface area contributed by atoms with Gasteiger partial charge in [0.25, 0.3) is 0 Å². The smallest absolute Gasteiger partial charge is 0.138 e. The van der Waals surface area contributed by atoms with E-state index < -0.39 is 0 Å². The Hall–Kier alpha value is -4.57. The molecule has 0 aliphatic rings. The van der Waals surface area contributed by atoms with Crippen molar-refractivity contribution in [1.29, 1.82) is 0 Å². The van der Waals surface area contributed by atoms with Crippen LogP contribution in [0.5, 0.6) is 0 Å². The van der Waals surface area contributed by atoms with Gasteiger partial charge in [0.15, 0.2) is 0 Å². The molecule has 7 aromatic rings. The monoisotopic (exact) mass is 422 g/mol. The lowest BCUT2D eigenvalue weighted by molar-refractivity contribution is 1.09. The zero-order valence-electron chi connectivity index (χ0n) is 17.7. The van der Waals surface area contributed by atoms with Crippen molar-refractivity contribution in [2.75, 3.05) is 0 Å². The Morgan fingerprint density at radius 1 is 0.576 bits per heavy atom. The standard InChI is InChI=1S/C29H18N4/c1-2-8-21-20(7-1)27-22-9-3-4-12-25(22)33(29(27)23-10-6-16-31-28(21)23)26-13-5-11-24(32-26)19-14-17-30-18-15-19/h1-18H. The second-order valence-electron chi connectivity index (χ2n) is 8.14. The van der Waals surface area contributed by atoms with Crippen LogP contribution in [-0.4, -0.2) is 19.5 Å². The third-order valence-electron chi connectivity index (χ3n) is 6.33. The number of hydrogen-bond donors (Lipinski definition) is 0. The number of rotatable bonds is 2. The van der Waals surface area contributed by atoms with E-state index in [1.165, 1.54) is 21.5 Å². The molecule has 0 aliphatic carbocycles. The van der Waals surface area contributed by atoms with E-state index in [4.69, 9.17) is 9.97 Å². The van der Waals surface area contributed by atoms with Crippen LogP contribution in [0, 0.1) is 0 Å². The summed E-state index contributed by atoms with van der Waals surface area (Å²) in [5, 5.41) is 5.95. The lowest BCUT2D eigenvalue weighted by atomic mass is 10.00. The summed E-state index contributed by atoms with van der Waals surface area (Å²) in [6.07, 6.45) is 5.47. The molecule has 0 saturated heterocycles. The van der Waals surface area contributed by atoms with Gasteiger partial charge < -0.3 is 0 Å². The highest BCUT2D eigenvalue weighted by Gasteiger charge is 2.19. The largest absolute Gasteiger partial charge is 0.293 e. The van der Waals surface area contributed by atoms with E-state index in [2.05, 4.69) is 76.3 Å². The van der Waals surface area contributed by atoms with Crippen LogP contribution in [0.15, 0.2) is 110 Å². The first-order valence-corrected chi connectivity index (χ1v) is 11.0. The Morgan fingerprint density at radius 2 is 1.33 bits per heavy atom. The Bertz CT molecular complexity index is 1820. The number of aromatic nitrogens is 4. The average molecular weight is 422 g/mol. The van der Waals surface area contributed by atoms with E-state index in [1.54, 1.807) is 12.4 Å². The van der Waals surface area contributed by atoms with E-state index in [9.17, 15) is 0 Å². The van der Waals surface area contributed by atoms with E-state index in [-0.39, 0.29) is 0 Å². The molecule has 0 amide bonds. The van der Waals surface area contributed by atoms with Crippen molar-refractivity contribution in [2.45, 2.75) is 0 Å². The molecule has 7 rings (SSSR count). The quantitative estimate of drug-likeness (QED) is 0.283. The van der Waals surface area contributed by atoms with Crippen LogP contribution in [0.25, 0.3) is 60.6 Å². The fourth-order valence-corrected chi connectivity index (χ4v) is 4.96. The molecule has 0 spiro atoms. The van der Waals surface area contributed by atoms with Gasteiger partial charge in [-0.05, 0) is 47.9 Å². The molecule has 3 aromatic carbocycles. The van der Waals surface area contributed by atoms with E-state index in [1.807, 2.05) is 30.5 Å². The van der Waals surface area contributed by atoms with Crippen molar-refractivity contribution in [3.05, 3.63) is 110 Å². The molecule has 4 aromatic heterocycles. The summed E-state index contributed by atoms with van der Waals surface area (Å²) in [5.41, 5.74) is 5.24. The molecule has 0 bridgehead atoms. The minimum Gasteiger partial charge on any atom is -0.293 e. The van der Waals surface area contributed by atoms with Crippen molar-refractivity contribution < 1.29 is 0 Å². The fraction of sp³-hybridized carbons (Fsp3) is 0. The van der Waals surface area contributed by atoms with Gasteiger partial charge in [0, 0.05) is 45.7 Å². The molecule has 0 saturated carbocycles. The highest BCUT2D eigenvalue weighted by atomic mass is 15.1. The molecule has 33 heavy (non-hydrogen) atoms. The molecule has 0 atom stereocenters. The van der Waals surface area contributed by atoms with Gasteiger partial charge in [-0.25, -0.2) is 4.98 Å².